The Kier molecular flexibility index (Phi) is 4.67. The lowest BCUT2D eigenvalue weighted by atomic mass is 9.86. The second-order valence-corrected chi connectivity index (χ2v) is 6.79. The standard InChI is InChI=1S/C17H20ClNO3/c18-14-2-1-3-15(9-14)19-16(20)10-22-17(21)8-13-7-11-4-5-12(13)6-11/h1-3,9,11-13H,4-8,10H2,(H,19,20)/t11-,12-,13+/m0/s1. The molecule has 0 radical (unpaired) electrons. The molecule has 0 aromatic heterocycles. The molecule has 2 aliphatic rings. The van der Waals surface area contributed by atoms with Gasteiger partial charge in [0.1, 0.15) is 0 Å². The van der Waals surface area contributed by atoms with Crippen LogP contribution >= 0.6 is 11.6 Å². The fourth-order valence-electron chi connectivity index (χ4n) is 3.81. The summed E-state index contributed by atoms with van der Waals surface area (Å²) in [5.74, 6) is 1.36. The van der Waals surface area contributed by atoms with Crippen molar-refractivity contribution in [2.75, 3.05) is 11.9 Å². The minimum atomic E-state index is -0.344. The highest BCUT2D eigenvalue weighted by molar-refractivity contribution is 6.30. The van der Waals surface area contributed by atoms with Gasteiger partial charge >= 0.3 is 5.97 Å². The van der Waals surface area contributed by atoms with E-state index in [1.807, 2.05) is 0 Å². The predicted molar refractivity (Wildman–Crippen MR) is 84.6 cm³/mol. The highest BCUT2D eigenvalue weighted by atomic mass is 35.5. The zero-order valence-corrected chi connectivity index (χ0v) is 13.1. The van der Waals surface area contributed by atoms with E-state index in [1.165, 1.54) is 19.3 Å². The monoisotopic (exact) mass is 321 g/mol. The Balaban J connectivity index is 1.40. The second kappa shape index (κ2) is 6.69. The molecule has 1 N–H and O–H groups in total. The molecule has 2 fully saturated rings. The van der Waals surface area contributed by atoms with Gasteiger partial charge in [0.15, 0.2) is 6.61 Å². The first kappa shape index (κ1) is 15.3. The molecule has 0 saturated heterocycles. The van der Waals surface area contributed by atoms with Crippen LogP contribution in [-0.2, 0) is 14.3 Å². The molecule has 22 heavy (non-hydrogen) atoms. The maximum Gasteiger partial charge on any atom is 0.306 e. The summed E-state index contributed by atoms with van der Waals surface area (Å²) >= 11 is 5.85. The topological polar surface area (TPSA) is 55.4 Å². The molecular formula is C17H20ClNO3. The summed E-state index contributed by atoms with van der Waals surface area (Å²) in [5, 5.41) is 3.21. The lowest BCUT2D eigenvalue weighted by Crippen LogP contribution is -2.23. The Labute approximate surface area is 135 Å². The van der Waals surface area contributed by atoms with E-state index in [0.29, 0.717) is 29.0 Å². The molecule has 5 heteroatoms. The molecule has 2 bridgehead atoms. The van der Waals surface area contributed by atoms with Crippen LogP contribution < -0.4 is 5.32 Å². The fraction of sp³-hybridized carbons (Fsp3) is 0.529. The van der Waals surface area contributed by atoms with Crippen molar-refractivity contribution in [2.45, 2.75) is 32.1 Å². The van der Waals surface area contributed by atoms with Gasteiger partial charge in [-0.25, -0.2) is 0 Å². The molecule has 0 spiro atoms. The SMILES string of the molecule is O=C(COC(=O)C[C@H]1C[C@H]2CC[C@H]1C2)Nc1cccc(Cl)c1. The van der Waals surface area contributed by atoms with Gasteiger partial charge in [-0.05, 0) is 55.2 Å². The molecule has 118 valence electrons. The number of fused-ring (bicyclic) bond motifs is 2. The smallest absolute Gasteiger partial charge is 0.306 e. The Bertz CT molecular complexity index is 575. The largest absolute Gasteiger partial charge is 0.456 e. The fourth-order valence-corrected chi connectivity index (χ4v) is 4.00. The second-order valence-electron chi connectivity index (χ2n) is 6.36. The van der Waals surface area contributed by atoms with Crippen LogP contribution in [0.25, 0.3) is 0 Å². The summed E-state index contributed by atoms with van der Waals surface area (Å²) in [4.78, 5) is 23.6. The number of hydrogen-bond acceptors (Lipinski definition) is 3. The first-order valence-electron chi connectivity index (χ1n) is 7.81. The number of ether oxygens (including phenoxy) is 1. The molecule has 1 amide bonds. The molecule has 3 atom stereocenters. The van der Waals surface area contributed by atoms with Crippen LogP contribution in [0.2, 0.25) is 5.02 Å². The van der Waals surface area contributed by atoms with Gasteiger partial charge in [0.25, 0.3) is 5.91 Å². The summed E-state index contributed by atoms with van der Waals surface area (Å²) in [6.45, 7) is -0.244. The summed E-state index contributed by atoms with van der Waals surface area (Å²) < 4.78 is 5.09. The van der Waals surface area contributed by atoms with Crippen LogP contribution in [0.15, 0.2) is 24.3 Å². The van der Waals surface area contributed by atoms with Crippen molar-refractivity contribution < 1.29 is 14.3 Å². The van der Waals surface area contributed by atoms with E-state index < -0.39 is 0 Å². The normalized spacial score (nSPS) is 26.0. The van der Waals surface area contributed by atoms with Gasteiger partial charge in [-0.1, -0.05) is 24.1 Å². The number of esters is 1. The lowest BCUT2D eigenvalue weighted by molar-refractivity contribution is -0.148. The number of carbonyl (C=O) groups excluding carboxylic acids is 2. The Morgan fingerprint density at radius 3 is 2.82 bits per heavy atom. The van der Waals surface area contributed by atoms with Crippen LogP contribution in [0.3, 0.4) is 0 Å². The third kappa shape index (κ3) is 3.80. The quantitative estimate of drug-likeness (QED) is 0.842. The van der Waals surface area contributed by atoms with Crippen molar-refractivity contribution in [3.8, 4) is 0 Å². The first-order chi connectivity index (χ1) is 10.6. The van der Waals surface area contributed by atoms with Gasteiger partial charge in [-0.3, -0.25) is 9.59 Å². The maximum absolute atomic E-state index is 11.9. The van der Waals surface area contributed by atoms with Gasteiger partial charge in [-0.15, -0.1) is 0 Å². The number of rotatable bonds is 5. The van der Waals surface area contributed by atoms with Crippen molar-refractivity contribution in [1.82, 2.24) is 0 Å². The number of anilines is 1. The number of amides is 1. The zero-order chi connectivity index (χ0) is 15.5. The van der Waals surface area contributed by atoms with E-state index in [-0.39, 0.29) is 18.5 Å². The van der Waals surface area contributed by atoms with Crippen LogP contribution in [0.1, 0.15) is 32.1 Å². The molecule has 1 aromatic rings. The van der Waals surface area contributed by atoms with Gasteiger partial charge in [0.05, 0.1) is 0 Å². The van der Waals surface area contributed by atoms with Crippen LogP contribution in [-0.4, -0.2) is 18.5 Å². The average molecular weight is 322 g/mol. The summed E-state index contributed by atoms with van der Waals surface area (Å²) in [5.41, 5.74) is 0.599. The van der Waals surface area contributed by atoms with Gasteiger partial charge in [0.2, 0.25) is 0 Å². The number of halogens is 1. The molecule has 0 unspecified atom stereocenters. The molecule has 3 rings (SSSR count). The predicted octanol–water partition coefficient (Wildman–Crippen LogP) is 3.65. The number of carbonyl (C=O) groups is 2. The van der Waals surface area contributed by atoms with E-state index in [9.17, 15) is 9.59 Å². The molecule has 2 saturated carbocycles. The summed E-state index contributed by atoms with van der Waals surface area (Å²) in [7, 11) is 0. The van der Waals surface area contributed by atoms with Crippen molar-refractivity contribution in [3.63, 3.8) is 0 Å². The summed E-state index contributed by atoms with van der Waals surface area (Å²) in [6.07, 6.45) is 5.43. The number of benzene rings is 1. The van der Waals surface area contributed by atoms with E-state index in [0.717, 1.165) is 12.3 Å². The highest BCUT2D eigenvalue weighted by Crippen LogP contribution is 2.49. The minimum Gasteiger partial charge on any atom is -0.456 e. The molecule has 4 nitrogen and oxygen atoms in total. The number of hydrogen-bond donors (Lipinski definition) is 1. The van der Waals surface area contributed by atoms with Crippen molar-refractivity contribution >= 4 is 29.2 Å². The van der Waals surface area contributed by atoms with Crippen LogP contribution in [0, 0.1) is 17.8 Å². The van der Waals surface area contributed by atoms with E-state index >= 15 is 0 Å². The lowest BCUT2D eigenvalue weighted by Gasteiger charge is -2.20. The van der Waals surface area contributed by atoms with Crippen LogP contribution in [0.5, 0.6) is 0 Å². The van der Waals surface area contributed by atoms with Gasteiger partial charge in [0, 0.05) is 17.1 Å². The van der Waals surface area contributed by atoms with E-state index in [4.69, 9.17) is 16.3 Å². The third-order valence-electron chi connectivity index (χ3n) is 4.79. The number of nitrogens with one attached hydrogen (secondary N) is 1. The zero-order valence-electron chi connectivity index (χ0n) is 12.4. The molecule has 0 aliphatic heterocycles. The van der Waals surface area contributed by atoms with Crippen molar-refractivity contribution in [2.24, 2.45) is 17.8 Å². The Morgan fingerprint density at radius 2 is 2.14 bits per heavy atom. The average Bonchev–Trinajstić information content (AvgIpc) is 3.08. The highest BCUT2D eigenvalue weighted by Gasteiger charge is 2.40. The maximum atomic E-state index is 11.9. The molecular weight excluding hydrogens is 302 g/mol. The van der Waals surface area contributed by atoms with Gasteiger partial charge < -0.3 is 10.1 Å². The Hall–Kier alpha value is -1.55. The Morgan fingerprint density at radius 1 is 1.27 bits per heavy atom. The first-order valence-corrected chi connectivity index (χ1v) is 8.19. The third-order valence-corrected chi connectivity index (χ3v) is 5.02. The van der Waals surface area contributed by atoms with Crippen LogP contribution in [0.4, 0.5) is 5.69 Å². The molecule has 1 aromatic carbocycles. The minimum absolute atomic E-state index is 0.244. The molecule has 0 heterocycles. The van der Waals surface area contributed by atoms with Crippen molar-refractivity contribution in [3.05, 3.63) is 29.3 Å². The van der Waals surface area contributed by atoms with Crippen molar-refractivity contribution in [1.29, 1.82) is 0 Å². The van der Waals surface area contributed by atoms with E-state index in [2.05, 4.69) is 5.32 Å². The molecule has 2 aliphatic carbocycles. The summed E-state index contributed by atoms with van der Waals surface area (Å²) in [6, 6.07) is 6.86. The van der Waals surface area contributed by atoms with E-state index in [1.54, 1.807) is 24.3 Å². The van der Waals surface area contributed by atoms with Gasteiger partial charge in [-0.2, -0.15) is 0 Å².